The van der Waals surface area contributed by atoms with Gasteiger partial charge in [0.1, 0.15) is 5.97 Å². The number of ether oxygens (including phenoxy) is 1. The molecule has 1 aromatic carbocycles. The number of aliphatic carboxylic acids is 1. The van der Waals surface area contributed by atoms with Crippen molar-refractivity contribution in [3.8, 4) is 5.75 Å². The highest BCUT2D eigenvalue weighted by Gasteiger charge is 2.40. The van der Waals surface area contributed by atoms with Crippen LogP contribution in [0, 0.1) is 0 Å². The number of thiophene rings is 1. The van der Waals surface area contributed by atoms with Crippen molar-refractivity contribution in [1.29, 1.82) is 0 Å². The number of hydrogen-bond donors (Lipinski definition) is 1. The van der Waals surface area contributed by atoms with Crippen molar-refractivity contribution in [2.45, 2.75) is 12.4 Å². The molecule has 1 amide bonds. The van der Waals surface area contributed by atoms with Gasteiger partial charge in [0.25, 0.3) is 11.7 Å². The number of piperazine rings is 1. The highest BCUT2D eigenvalue weighted by Crippen LogP contribution is 2.28. The second-order valence-corrected chi connectivity index (χ2v) is 8.54. The van der Waals surface area contributed by atoms with E-state index in [2.05, 4.69) is 0 Å². The third-order valence-corrected chi connectivity index (χ3v) is 6.03. The normalized spacial score (nSPS) is 14.7. The predicted octanol–water partition coefficient (Wildman–Crippen LogP) is 2.13. The lowest BCUT2D eigenvalue weighted by Crippen LogP contribution is -3.10. The van der Waals surface area contributed by atoms with E-state index in [-0.39, 0.29) is 10.8 Å². The monoisotopic (exact) mass is 546 g/mol. The number of alkyl halides is 6. The van der Waals surface area contributed by atoms with E-state index in [1.165, 1.54) is 6.07 Å². The molecule has 35 heavy (non-hydrogen) atoms. The first-order chi connectivity index (χ1) is 16.1. The summed E-state index contributed by atoms with van der Waals surface area (Å²) in [5.74, 6) is -4.61. The van der Waals surface area contributed by atoms with E-state index < -0.39 is 29.0 Å². The molecule has 0 aliphatic carbocycles. The molecule has 1 N–H and O–H groups in total. The Morgan fingerprint density at radius 2 is 1.54 bits per heavy atom. The fourth-order valence-corrected chi connectivity index (χ4v) is 4.18. The lowest BCUT2D eigenvalue weighted by atomic mass is 10.2. The molecule has 0 unspecified atom stereocenters. The van der Waals surface area contributed by atoms with Crippen molar-refractivity contribution in [2.24, 2.45) is 0 Å². The Bertz CT molecular complexity index is 1080. The summed E-state index contributed by atoms with van der Waals surface area (Å²) in [5, 5.41) is 9.37. The Morgan fingerprint density at radius 3 is 2.03 bits per heavy atom. The van der Waals surface area contributed by atoms with Crippen LogP contribution in [0.4, 0.5) is 32.0 Å². The summed E-state index contributed by atoms with van der Waals surface area (Å²) in [5.41, 5.74) is 0.899. The van der Waals surface area contributed by atoms with Gasteiger partial charge in [0.05, 0.1) is 43.0 Å². The van der Waals surface area contributed by atoms with Gasteiger partial charge in [-0.3, -0.25) is 14.5 Å². The number of hydrogen-bond acceptors (Lipinski definition) is 6. The Morgan fingerprint density at radius 1 is 1.00 bits per heavy atom. The molecule has 1 aliphatic heterocycles. The van der Waals surface area contributed by atoms with Crippen LogP contribution in [-0.4, -0.2) is 68.2 Å². The number of nitrogens with zero attached hydrogens (tertiary/aromatic N) is 1. The van der Waals surface area contributed by atoms with E-state index in [1.807, 2.05) is 6.07 Å². The van der Waals surface area contributed by atoms with Crippen molar-refractivity contribution >= 4 is 46.3 Å². The van der Waals surface area contributed by atoms with Crippen LogP contribution in [0.2, 0.25) is 5.02 Å². The van der Waals surface area contributed by atoms with Gasteiger partial charge >= 0.3 is 12.4 Å². The molecule has 1 aromatic heterocycles. The number of carbonyl (C=O) groups excluding carboxylic acids is 3. The van der Waals surface area contributed by atoms with Gasteiger partial charge in [0, 0.05) is 11.1 Å². The molecule has 0 saturated carbocycles. The van der Waals surface area contributed by atoms with Gasteiger partial charge < -0.3 is 19.5 Å². The summed E-state index contributed by atoms with van der Waals surface area (Å²) in [4.78, 5) is 35.0. The molecular formula is C20H17ClF6N2O5S. The molecule has 2 aromatic rings. The number of quaternary nitrogens is 1. The first-order valence-corrected chi connectivity index (χ1v) is 10.8. The standard InChI is InChI=1S/C18H16ClF3N2O3S.C2HF3O2/c1-27-13-3-2-11(19)10-12(13)23-6-8-24(9-7-23)17(26)15-5-4-14(28-15)16(25)18(20,21)22;3-2(4,5)1(6)7/h2-5,10H,6-9H2,1H3;(H,6,7). The van der Waals surface area contributed by atoms with Gasteiger partial charge in [-0.1, -0.05) is 11.6 Å². The highest BCUT2D eigenvalue weighted by atomic mass is 35.5. The van der Waals surface area contributed by atoms with Crippen molar-refractivity contribution in [3.05, 3.63) is 45.1 Å². The first-order valence-electron chi connectivity index (χ1n) is 9.62. The number of amides is 1. The first kappa shape index (κ1) is 28.4. The lowest BCUT2D eigenvalue weighted by molar-refractivity contribution is -0.837. The molecule has 1 saturated heterocycles. The molecule has 192 valence electrons. The number of ketones is 1. The van der Waals surface area contributed by atoms with Crippen molar-refractivity contribution in [1.82, 2.24) is 4.90 Å². The van der Waals surface area contributed by atoms with Crippen molar-refractivity contribution in [2.75, 3.05) is 33.3 Å². The highest BCUT2D eigenvalue weighted by molar-refractivity contribution is 7.16. The summed E-state index contributed by atoms with van der Waals surface area (Å²) in [6.07, 6.45) is -10.1. The van der Waals surface area contributed by atoms with Crippen LogP contribution in [0.5, 0.6) is 5.75 Å². The van der Waals surface area contributed by atoms with Crippen LogP contribution in [0.3, 0.4) is 0 Å². The van der Waals surface area contributed by atoms with Gasteiger partial charge in [-0.25, -0.2) is 0 Å². The van der Waals surface area contributed by atoms with Crippen molar-refractivity contribution < 1.29 is 55.5 Å². The van der Waals surface area contributed by atoms with E-state index in [4.69, 9.17) is 26.2 Å². The maximum absolute atomic E-state index is 12.6. The smallest absolute Gasteiger partial charge is 0.455 e. The molecule has 0 radical (unpaired) electrons. The van der Waals surface area contributed by atoms with Crippen LogP contribution < -0.4 is 14.7 Å². The second-order valence-electron chi connectivity index (χ2n) is 7.02. The van der Waals surface area contributed by atoms with Crippen LogP contribution in [0.1, 0.15) is 19.3 Å². The van der Waals surface area contributed by atoms with Gasteiger partial charge in [-0.15, -0.1) is 11.3 Å². The quantitative estimate of drug-likeness (QED) is 0.469. The summed E-state index contributed by atoms with van der Waals surface area (Å²) in [6.45, 7) is 2.04. The fourth-order valence-electron chi connectivity index (χ4n) is 3.08. The Balaban J connectivity index is 0.000000540. The minimum Gasteiger partial charge on any atom is -0.542 e. The van der Waals surface area contributed by atoms with E-state index in [1.54, 1.807) is 24.1 Å². The van der Waals surface area contributed by atoms with Crippen LogP contribution >= 0.6 is 22.9 Å². The van der Waals surface area contributed by atoms with Gasteiger partial charge in [-0.05, 0) is 24.3 Å². The number of benzene rings is 1. The number of carbonyl (C=O) groups is 3. The average Bonchev–Trinajstić information content (AvgIpc) is 3.27. The Labute approximate surface area is 203 Å². The number of methoxy groups -OCH3 is 1. The zero-order valence-electron chi connectivity index (χ0n) is 17.8. The molecule has 0 atom stereocenters. The summed E-state index contributed by atoms with van der Waals surface area (Å²) >= 11 is 6.64. The van der Waals surface area contributed by atoms with Crippen LogP contribution in [-0.2, 0) is 4.79 Å². The largest absolute Gasteiger partial charge is 0.542 e. The van der Waals surface area contributed by atoms with Gasteiger partial charge in [-0.2, -0.15) is 26.3 Å². The average molecular weight is 547 g/mol. The molecule has 0 bridgehead atoms. The zero-order chi connectivity index (χ0) is 26.6. The zero-order valence-corrected chi connectivity index (χ0v) is 19.3. The second kappa shape index (κ2) is 11.3. The molecule has 3 rings (SSSR count). The summed E-state index contributed by atoms with van der Waals surface area (Å²) in [7, 11) is 1.57. The van der Waals surface area contributed by atoms with Crippen LogP contribution in [0.25, 0.3) is 0 Å². The Kier molecular flexibility index (Phi) is 9.14. The molecule has 15 heteroatoms. The number of Topliss-reactive ketones (excluding diaryl/α,β-unsaturated/α-hetero) is 1. The summed E-state index contributed by atoms with van der Waals surface area (Å²) in [6, 6.07) is 7.66. The van der Waals surface area contributed by atoms with Crippen molar-refractivity contribution in [3.63, 3.8) is 0 Å². The maximum Gasteiger partial charge on any atom is 0.455 e. The molecule has 1 fully saturated rings. The maximum atomic E-state index is 12.6. The minimum absolute atomic E-state index is 0.122. The predicted molar refractivity (Wildman–Crippen MR) is 110 cm³/mol. The Hall–Kier alpha value is -2.84. The van der Waals surface area contributed by atoms with E-state index >= 15 is 0 Å². The van der Waals surface area contributed by atoms with E-state index in [0.29, 0.717) is 48.3 Å². The molecule has 7 nitrogen and oxygen atoms in total. The number of rotatable bonds is 4. The number of nitrogens with one attached hydrogen (secondary N) is 1. The molecule has 1 aliphatic rings. The third kappa shape index (κ3) is 7.57. The summed E-state index contributed by atoms with van der Waals surface area (Å²) < 4.78 is 74.5. The van der Waals surface area contributed by atoms with E-state index in [0.717, 1.165) is 16.7 Å². The number of carboxylic acids is 1. The number of carboxylic acid groups (broad SMARTS) is 1. The topological polar surface area (TPSA) is 91.2 Å². The molecule has 0 spiro atoms. The fraction of sp³-hybridized carbons (Fsp3) is 0.350. The van der Waals surface area contributed by atoms with Gasteiger partial charge in [0.15, 0.2) is 11.4 Å². The molecule has 2 heterocycles. The lowest BCUT2D eigenvalue weighted by Gasteiger charge is -2.32. The van der Waals surface area contributed by atoms with Crippen LogP contribution in [0.15, 0.2) is 30.3 Å². The van der Waals surface area contributed by atoms with E-state index in [9.17, 15) is 35.9 Å². The molecular weight excluding hydrogens is 530 g/mol. The number of halogens is 7. The van der Waals surface area contributed by atoms with Gasteiger partial charge in [0.2, 0.25) is 0 Å². The third-order valence-electron chi connectivity index (χ3n) is 4.73. The SMILES string of the molecule is COc1ccc(Cl)cc1[NH+]1CCN(C(=O)c2ccc(C(=O)C(F)(F)F)s2)CC1.O=C([O-])C(F)(F)F. The minimum atomic E-state index is -5.19.